The summed E-state index contributed by atoms with van der Waals surface area (Å²) in [5.41, 5.74) is -2.60. The monoisotopic (exact) mass is 1250 g/mol. The largest absolute Gasteiger partial charge is 0.508 e. The first-order valence-corrected chi connectivity index (χ1v) is 29.7. The van der Waals surface area contributed by atoms with Crippen molar-refractivity contribution in [1.29, 1.82) is 0 Å². The molecule has 1 aromatic carbocycles. The Morgan fingerprint density at radius 1 is 0.690 bits per heavy atom. The van der Waals surface area contributed by atoms with Gasteiger partial charge in [-0.25, -0.2) is 4.79 Å². The highest BCUT2D eigenvalue weighted by atomic mass is 16.9. The molecule has 11 rings (SSSR count). The molecule has 87 heavy (non-hydrogen) atoms. The van der Waals surface area contributed by atoms with Crippen LogP contribution >= 0.6 is 0 Å². The lowest BCUT2D eigenvalue weighted by molar-refractivity contribution is -0.422. The van der Waals surface area contributed by atoms with Gasteiger partial charge in [0.1, 0.15) is 102 Å². The molecule has 10 saturated heterocycles. The second-order valence-corrected chi connectivity index (χ2v) is 24.7. The van der Waals surface area contributed by atoms with Crippen LogP contribution in [0.2, 0.25) is 0 Å². The zero-order valence-corrected chi connectivity index (χ0v) is 50.7. The van der Waals surface area contributed by atoms with Gasteiger partial charge < -0.3 is 140 Å². The summed E-state index contributed by atoms with van der Waals surface area (Å²) in [5.74, 6) is -5.61. The maximum Gasteiger partial charge on any atom is 0.342 e. The Bertz CT molecular complexity index is 2490. The number of carbonyl (C=O) groups excluding carboxylic acids is 1. The minimum Gasteiger partial charge on any atom is -0.508 e. The fraction of sp³-hybridized carbons (Fsp3) is 0.877. The van der Waals surface area contributed by atoms with Gasteiger partial charge in [-0.1, -0.05) is 6.92 Å². The standard InChI is InChI=1S/C57H86O30/c1-22-13-29(58)14-30(59)37(22)50(64)80-41-25(4)74-35(15-31(41)60)78-42-26(5)83-56(16-32(42)61)86-47-27(6)75-36(17-54(47,8)87-56)79-40-23(2)24(3)76-51(39(40)63)81-43-33(18-66-9)77-53(45(68-11)38(43)62)82-52-46(69-12)44-34(19-70-52)84-57(85-44)49-48(71-21-72-49)55(65,20-73-57)28(7)67-10/h13-14,23-28,31-36,38-49,51-53,58-63,65H,15-21H2,1-12H3/t23-,24+,25+,26+,27+,28?,31+,32+,33+,34-,35-,36-,38-,39+,40-,41+,42+,43+,44+,45-,46+,47+,48+,49+,51-,52-,53-,54+,55+,56+,57+/m0/s1. The van der Waals surface area contributed by atoms with E-state index < -0.39 is 200 Å². The number of ether oxygens (including phenoxy) is 22. The van der Waals surface area contributed by atoms with E-state index in [1.165, 1.54) is 41.4 Å². The number of phenols is 2. The van der Waals surface area contributed by atoms with Crippen molar-refractivity contribution in [1.82, 2.24) is 0 Å². The number of fused-ring (bicyclic) bond motifs is 4. The molecule has 1 aromatic rings. The van der Waals surface area contributed by atoms with E-state index in [2.05, 4.69) is 0 Å². The van der Waals surface area contributed by atoms with Crippen molar-refractivity contribution in [2.75, 3.05) is 55.1 Å². The molecule has 31 atom stereocenters. The molecule has 30 heteroatoms. The van der Waals surface area contributed by atoms with Crippen LogP contribution in [0, 0.1) is 12.8 Å². The molecule has 0 bridgehead atoms. The molecule has 10 aliphatic heterocycles. The number of hydrogen-bond donors (Lipinski definition) is 7. The fourth-order valence-corrected chi connectivity index (χ4v) is 14.0. The van der Waals surface area contributed by atoms with Crippen LogP contribution in [0.3, 0.4) is 0 Å². The molecule has 30 nitrogen and oxygen atoms in total. The van der Waals surface area contributed by atoms with Crippen molar-refractivity contribution in [3.8, 4) is 11.5 Å². The topological polar surface area (TPSA) is 362 Å². The number of benzene rings is 1. The summed E-state index contributed by atoms with van der Waals surface area (Å²) < 4.78 is 136. The van der Waals surface area contributed by atoms with Crippen LogP contribution in [-0.2, 0) is 104 Å². The van der Waals surface area contributed by atoms with Crippen molar-refractivity contribution in [3.63, 3.8) is 0 Å². The number of aryl methyl sites for hydroxylation is 1. The zero-order valence-electron chi connectivity index (χ0n) is 50.7. The van der Waals surface area contributed by atoms with E-state index in [1.807, 2.05) is 13.8 Å². The molecule has 0 aromatic heterocycles. The fourth-order valence-electron chi connectivity index (χ4n) is 14.0. The van der Waals surface area contributed by atoms with Gasteiger partial charge in [-0.05, 0) is 60.1 Å². The molecule has 0 saturated carbocycles. The average Bonchev–Trinajstić information content (AvgIpc) is 1.63. The van der Waals surface area contributed by atoms with E-state index >= 15 is 0 Å². The number of phenolic OH excluding ortho intramolecular Hbond substituents is 2. The van der Waals surface area contributed by atoms with Gasteiger partial charge in [0.15, 0.2) is 43.7 Å². The highest BCUT2D eigenvalue weighted by Crippen LogP contribution is 2.52. The molecule has 0 aliphatic carbocycles. The summed E-state index contributed by atoms with van der Waals surface area (Å²) in [6.45, 7) is 13.1. The van der Waals surface area contributed by atoms with Crippen LogP contribution in [0.4, 0.5) is 0 Å². The molecule has 0 radical (unpaired) electrons. The van der Waals surface area contributed by atoms with Crippen molar-refractivity contribution in [3.05, 3.63) is 23.3 Å². The van der Waals surface area contributed by atoms with Gasteiger partial charge in [-0.2, -0.15) is 0 Å². The van der Waals surface area contributed by atoms with Crippen LogP contribution in [0.15, 0.2) is 12.1 Å². The number of aromatic hydroxyl groups is 2. The van der Waals surface area contributed by atoms with Crippen molar-refractivity contribution in [2.45, 2.75) is 257 Å². The first-order chi connectivity index (χ1) is 41.3. The highest BCUT2D eigenvalue weighted by Gasteiger charge is 2.71. The molecule has 0 amide bonds. The van der Waals surface area contributed by atoms with E-state index in [-0.39, 0.29) is 62.8 Å². The predicted molar refractivity (Wildman–Crippen MR) is 283 cm³/mol. The van der Waals surface area contributed by atoms with E-state index in [4.69, 9.17) is 104 Å². The molecule has 494 valence electrons. The third-order valence-electron chi connectivity index (χ3n) is 18.8. The minimum absolute atomic E-state index is 0.0637. The third-order valence-corrected chi connectivity index (χ3v) is 18.8. The number of methoxy groups -OCH3 is 4. The van der Waals surface area contributed by atoms with Gasteiger partial charge in [0.2, 0.25) is 0 Å². The van der Waals surface area contributed by atoms with Crippen molar-refractivity contribution >= 4 is 5.97 Å². The first-order valence-electron chi connectivity index (χ1n) is 29.7. The molecule has 10 fully saturated rings. The minimum atomic E-state index is -1.80. The number of carbonyl (C=O) groups is 1. The third kappa shape index (κ3) is 12.2. The zero-order chi connectivity index (χ0) is 62.4. The SMILES string of the molecule is COC[C@H]1O[C@@H](O[C@@H]2OC[C@@H]3O[C@@]4(OC[C@@](O)(C(C)OC)[C@@H]5OCO[C@H]54)O[C@H]3[C@H]2OC)[C@@H](OC)[C@@H](O)[C@@H]1O[C@@H]1O[C@H](C)[C@H](C)[C@H](O[C@H]2C[C@@]3(C)O[C@@]4(C[C@@H](O)[C@H](O[C@H]5C[C@@H](O)[C@H](OC(=O)c6c(C)cc(O)cc6O)[C@@H](C)O5)[C@@H](C)O4)O[C@@H]3[C@@H](C)O2)[C@H]1O. The lowest BCUT2D eigenvalue weighted by atomic mass is 9.85. The Morgan fingerprint density at radius 3 is 2.10 bits per heavy atom. The summed E-state index contributed by atoms with van der Waals surface area (Å²) in [4.78, 5) is 13.1. The second-order valence-electron chi connectivity index (χ2n) is 24.7. The summed E-state index contributed by atoms with van der Waals surface area (Å²) in [6.07, 6.45) is -27.1. The van der Waals surface area contributed by atoms with E-state index in [0.717, 1.165) is 6.07 Å². The van der Waals surface area contributed by atoms with Gasteiger partial charge in [0.05, 0.1) is 75.1 Å². The Balaban J connectivity index is 0.697. The molecular formula is C57H86O30. The van der Waals surface area contributed by atoms with Crippen LogP contribution in [0.5, 0.6) is 11.5 Å². The maximum atomic E-state index is 13.1. The number of rotatable bonds is 16. The van der Waals surface area contributed by atoms with E-state index in [9.17, 15) is 40.5 Å². The summed E-state index contributed by atoms with van der Waals surface area (Å²) in [7, 11) is 5.71. The summed E-state index contributed by atoms with van der Waals surface area (Å²) in [5, 5.41) is 78.9. The number of esters is 1. The number of hydrogen-bond acceptors (Lipinski definition) is 30. The van der Waals surface area contributed by atoms with Crippen molar-refractivity contribution < 1.29 is 145 Å². The summed E-state index contributed by atoms with van der Waals surface area (Å²) >= 11 is 0. The maximum absolute atomic E-state index is 13.1. The van der Waals surface area contributed by atoms with Crippen molar-refractivity contribution in [2.24, 2.45) is 5.92 Å². The van der Waals surface area contributed by atoms with Crippen LogP contribution < -0.4 is 0 Å². The second kappa shape index (κ2) is 25.6. The van der Waals surface area contributed by atoms with Gasteiger partial charge >= 0.3 is 11.9 Å². The number of aliphatic hydroxyl groups is 5. The van der Waals surface area contributed by atoms with Gasteiger partial charge in [-0.3, -0.25) is 0 Å². The molecule has 10 aliphatic rings. The van der Waals surface area contributed by atoms with Gasteiger partial charge in [0.25, 0.3) is 5.97 Å². The van der Waals surface area contributed by atoms with Crippen LogP contribution in [0.25, 0.3) is 0 Å². The summed E-state index contributed by atoms with van der Waals surface area (Å²) in [6, 6.07) is 2.31. The number of aliphatic hydroxyl groups excluding tert-OH is 4. The average molecular weight is 1250 g/mol. The lowest BCUT2D eigenvalue weighted by Gasteiger charge is -2.49. The molecule has 7 N–H and O–H groups in total. The van der Waals surface area contributed by atoms with Crippen LogP contribution in [0.1, 0.15) is 83.7 Å². The van der Waals surface area contributed by atoms with Gasteiger partial charge in [0, 0.05) is 53.3 Å². The smallest absolute Gasteiger partial charge is 0.342 e. The van der Waals surface area contributed by atoms with E-state index in [0.29, 0.717) is 0 Å². The highest BCUT2D eigenvalue weighted by molar-refractivity contribution is 5.94. The van der Waals surface area contributed by atoms with Crippen LogP contribution in [-0.4, -0.2) is 280 Å². The first kappa shape index (κ1) is 65.7. The Hall–Kier alpha value is -2.75. The Kier molecular flexibility index (Phi) is 19.4. The van der Waals surface area contributed by atoms with Gasteiger partial charge in [-0.15, -0.1) is 0 Å². The lowest BCUT2D eigenvalue weighted by Crippen LogP contribution is -2.69. The quantitative estimate of drug-likeness (QED) is 0.103. The van der Waals surface area contributed by atoms with E-state index in [1.54, 1.807) is 34.6 Å². The normalized spacial score (nSPS) is 50.2. The molecule has 2 spiro atoms. The molecular weight excluding hydrogens is 1160 g/mol. The predicted octanol–water partition coefficient (Wildman–Crippen LogP) is -0.432. The molecule has 1 unspecified atom stereocenters. The molecule has 10 heterocycles. The Labute approximate surface area is 502 Å². The Morgan fingerprint density at radius 2 is 1.41 bits per heavy atom.